The minimum atomic E-state index is -3.41. The summed E-state index contributed by atoms with van der Waals surface area (Å²) in [6, 6.07) is 7.29. The van der Waals surface area contributed by atoms with Gasteiger partial charge < -0.3 is 15.0 Å². The normalized spacial score (nSPS) is 25.5. The topological polar surface area (TPSA) is 74.2 Å². The van der Waals surface area contributed by atoms with Crippen molar-refractivity contribution >= 4 is 40.0 Å². The quantitative estimate of drug-likeness (QED) is 0.356. The van der Waals surface area contributed by atoms with Gasteiger partial charge in [-0.2, -0.15) is 4.31 Å². The van der Waals surface area contributed by atoms with Crippen molar-refractivity contribution in [3.8, 4) is 0 Å². The first kappa shape index (κ1) is 23.7. The summed E-state index contributed by atoms with van der Waals surface area (Å²) in [4.78, 5) is 7.13. The Labute approximate surface area is 197 Å². The van der Waals surface area contributed by atoms with Crippen LogP contribution >= 0.6 is 24.0 Å². The van der Waals surface area contributed by atoms with Crippen LogP contribution in [-0.2, 0) is 21.3 Å². The van der Waals surface area contributed by atoms with Crippen molar-refractivity contribution in [1.29, 1.82) is 0 Å². The Morgan fingerprint density at radius 2 is 2.00 bits per heavy atom. The molecule has 0 amide bonds. The molecule has 0 aromatic heterocycles. The highest BCUT2D eigenvalue weighted by atomic mass is 127. The van der Waals surface area contributed by atoms with E-state index in [9.17, 15) is 8.42 Å². The average molecular weight is 548 g/mol. The molecule has 3 aliphatic rings. The van der Waals surface area contributed by atoms with Crippen LogP contribution in [0.4, 0.5) is 0 Å². The van der Waals surface area contributed by atoms with E-state index < -0.39 is 10.0 Å². The number of likely N-dealkylation sites (tertiary alicyclic amines) is 1. The molecule has 0 aliphatic carbocycles. The van der Waals surface area contributed by atoms with E-state index in [0.29, 0.717) is 24.5 Å². The van der Waals surface area contributed by atoms with Crippen LogP contribution in [-0.4, -0.2) is 70.0 Å². The SMILES string of the molecule is CN=C(NCc1cccc(S(=O)(=O)N2CCCCC2)c1)N1CCC2(CCOC2)C1.I. The zero-order valence-corrected chi connectivity index (χ0v) is 20.8. The Morgan fingerprint density at radius 3 is 2.70 bits per heavy atom. The molecule has 0 radical (unpaired) electrons. The monoisotopic (exact) mass is 548 g/mol. The number of nitrogens with zero attached hydrogens (tertiary/aromatic N) is 3. The molecule has 3 aliphatic heterocycles. The summed E-state index contributed by atoms with van der Waals surface area (Å²) in [5.41, 5.74) is 1.22. The summed E-state index contributed by atoms with van der Waals surface area (Å²) in [6.07, 6.45) is 5.26. The molecule has 7 nitrogen and oxygen atoms in total. The minimum absolute atomic E-state index is 0. The van der Waals surface area contributed by atoms with Crippen molar-refractivity contribution in [3.05, 3.63) is 29.8 Å². The molecule has 1 unspecified atom stereocenters. The van der Waals surface area contributed by atoms with E-state index in [1.165, 1.54) is 0 Å². The third-order valence-corrected chi connectivity index (χ3v) is 8.33. The summed E-state index contributed by atoms with van der Waals surface area (Å²) in [6.45, 7) is 5.45. The summed E-state index contributed by atoms with van der Waals surface area (Å²) >= 11 is 0. The van der Waals surface area contributed by atoms with Gasteiger partial charge in [0.25, 0.3) is 0 Å². The first-order valence-corrected chi connectivity index (χ1v) is 12.1. The maximum atomic E-state index is 12.9. The van der Waals surface area contributed by atoms with Gasteiger partial charge in [0.15, 0.2) is 5.96 Å². The van der Waals surface area contributed by atoms with Crippen LogP contribution in [0.3, 0.4) is 0 Å². The minimum Gasteiger partial charge on any atom is -0.381 e. The molecule has 30 heavy (non-hydrogen) atoms. The van der Waals surface area contributed by atoms with Gasteiger partial charge >= 0.3 is 0 Å². The van der Waals surface area contributed by atoms with Gasteiger partial charge in [-0.25, -0.2) is 8.42 Å². The standard InChI is InChI=1S/C21H32N4O3S.HI/c1-22-20(24-12-8-21(16-24)9-13-28-17-21)23-15-18-6-5-7-19(14-18)29(26,27)25-10-3-2-4-11-25;/h5-7,14H,2-4,8-13,15-17H2,1H3,(H,22,23);1H. The molecule has 1 aromatic carbocycles. The average Bonchev–Trinajstić information content (AvgIpc) is 3.39. The Bertz CT molecular complexity index is 850. The van der Waals surface area contributed by atoms with Gasteiger partial charge in [0.2, 0.25) is 10.0 Å². The number of aliphatic imine (C=N–C) groups is 1. The molecule has 1 aromatic rings. The van der Waals surface area contributed by atoms with Gasteiger partial charge in [0.05, 0.1) is 11.5 Å². The number of hydrogen-bond donors (Lipinski definition) is 1. The van der Waals surface area contributed by atoms with E-state index in [0.717, 1.165) is 69.9 Å². The molecule has 0 saturated carbocycles. The summed E-state index contributed by atoms with van der Waals surface area (Å²) in [5.74, 6) is 0.873. The van der Waals surface area contributed by atoms with Crippen molar-refractivity contribution < 1.29 is 13.2 Å². The van der Waals surface area contributed by atoms with Crippen LogP contribution in [0, 0.1) is 5.41 Å². The Morgan fingerprint density at radius 1 is 1.20 bits per heavy atom. The largest absolute Gasteiger partial charge is 0.381 e. The van der Waals surface area contributed by atoms with Crippen LogP contribution in [0.15, 0.2) is 34.2 Å². The maximum absolute atomic E-state index is 12.9. The van der Waals surface area contributed by atoms with Crippen molar-refractivity contribution in [2.75, 3.05) is 46.4 Å². The van der Waals surface area contributed by atoms with Crippen LogP contribution < -0.4 is 5.32 Å². The second-order valence-electron chi connectivity index (χ2n) is 8.49. The van der Waals surface area contributed by atoms with Gasteiger partial charge in [0, 0.05) is 51.8 Å². The number of sulfonamides is 1. The smallest absolute Gasteiger partial charge is 0.243 e. The lowest BCUT2D eigenvalue weighted by Gasteiger charge is -2.26. The summed E-state index contributed by atoms with van der Waals surface area (Å²) in [5, 5.41) is 3.42. The fraction of sp³-hybridized carbons (Fsp3) is 0.667. The third-order valence-electron chi connectivity index (χ3n) is 6.44. The highest BCUT2D eigenvalue weighted by Gasteiger charge is 2.42. The molecular weight excluding hydrogens is 515 g/mol. The second kappa shape index (κ2) is 10.1. The van der Waals surface area contributed by atoms with Gasteiger partial charge in [0.1, 0.15) is 0 Å². The molecule has 1 spiro atoms. The first-order valence-electron chi connectivity index (χ1n) is 10.6. The fourth-order valence-corrected chi connectivity index (χ4v) is 6.26. The molecule has 4 rings (SSSR count). The zero-order valence-electron chi connectivity index (χ0n) is 17.7. The Balaban J connectivity index is 0.00000256. The van der Waals surface area contributed by atoms with E-state index in [4.69, 9.17) is 4.74 Å². The molecule has 3 saturated heterocycles. The van der Waals surface area contributed by atoms with Crippen molar-refractivity contribution in [1.82, 2.24) is 14.5 Å². The number of guanidine groups is 1. The number of ether oxygens (including phenoxy) is 1. The van der Waals surface area contributed by atoms with Crippen molar-refractivity contribution in [3.63, 3.8) is 0 Å². The number of rotatable bonds is 4. The van der Waals surface area contributed by atoms with E-state index in [1.807, 2.05) is 12.1 Å². The predicted molar refractivity (Wildman–Crippen MR) is 129 cm³/mol. The van der Waals surface area contributed by atoms with Crippen LogP contribution in [0.2, 0.25) is 0 Å². The molecule has 168 valence electrons. The van der Waals surface area contributed by atoms with E-state index >= 15 is 0 Å². The fourth-order valence-electron chi connectivity index (χ4n) is 4.67. The van der Waals surface area contributed by atoms with Crippen LogP contribution in [0.5, 0.6) is 0 Å². The van der Waals surface area contributed by atoms with E-state index in [2.05, 4.69) is 15.2 Å². The van der Waals surface area contributed by atoms with E-state index in [1.54, 1.807) is 23.5 Å². The predicted octanol–water partition coefficient (Wildman–Crippen LogP) is 2.67. The number of benzene rings is 1. The Hall–Kier alpha value is -0.910. The van der Waals surface area contributed by atoms with Crippen molar-refractivity contribution in [2.24, 2.45) is 10.4 Å². The summed E-state index contributed by atoms with van der Waals surface area (Å²) < 4.78 is 33.1. The van der Waals surface area contributed by atoms with Crippen LogP contribution in [0.25, 0.3) is 0 Å². The molecule has 0 bridgehead atoms. The molecular formula is C21H33IN4O3S. The molecule has 1 N–H and O–H groups in total. The molecule has 3 fully saturated rings. The molecule has 1 atom stereocenters. The van der Waals surface area contributed by atoms with Crippen molar-refractivity contribution in [2.45, 2.75) is 43.5 Å². The number of hydrogen-bond acceptors (Lipinski definition) is 4. The first-order chi connectivity index (χ1) is 14.0. The number of piperidine rings is 1. The van der Waals surface area contributed by atoms with E-state index in [-0.39, 0.29) is 29.4 Å². The maximum Gasteiger partial charge on any atom is 0.243 e. The van der Waals surface area contributed by atoms with Gasteiger partial charge in [-0.05, 0) is 43.4 Å². The highest BCUT2D eigenvalue weighted by Crippen LogP contribution is 2.38. The second-order valence-corrected chi connectivity index (χ2v) is 10.4. The lowest BCUT2D eigenvalue weighted by molar-refractivity contribution is 0.156. The lowest BCUT2D eigenvalue weighted by Crippen LogP contribution is -2.41. The Kier molecular flexibility index (Phi) is 8.03. The van der Waals surface area contributed by atoms with Gasteiger partial charge in [-0.15, -0.1) is 24.0 Å². The molecule has 3 heterocycles. The van der Waals surface area contributed by atoms with Gasteiger partial charge in [-0.1, -0.05) is 18.6 Å². The number of halogens is 1. The summed E-state index contributed by atoms with van der Waals surface area (Å²) in [7, 11) is -1.61. The lowest BCUT2D eigenvalue weighted by atomic mass is 9.87. The third kappa shape index (κ3) is 5.11. The zero-order chi connectivity index (χ0) is 20.3. The molecule has 9 heteroatoms. The number of nitrogens with one attached hydrogen (secondary N) is 1. The van der Waals surface area contributed by atoms with Crippen LogP contribution in [0.1, 0.15) is 37.7 Å². The van der Waals surface area contributed by atoms with Gasteiger partial charge in [-0.3, -0.25) is 4.99 Å². The highest BCUT2D eigenvalue weighted by molar-refractivity contribution is 14.0.